The van der Waals surface area contributed by atoms with Crippen molar-refractivity contribution in [1.82, 2.24) is 10.2 Å². The van der Waals surface area contributed by atoms with Crippen molar-refractivity contribution >= 4 is 5.91 Å². The highest BCUT2D eigenvalue weighted by Gasteiger charge is 2.45. The minimum Gasteiger partial charge on any atom is -0.368 e. The van der Waals surface area contributed by atoms with Crippen molar-refractivity contribution in [3.8, 4) is 0 Å². The van der Waals surface area contributed by atoms with Gasteiger partial charge in [0, 0.05) is 25.7 Å². The molecule has 3 aliphatic rings. The van der Waals surface area contributed by atoms with E-state index in [-0.39, 0.29) is 12.0 Å². The van der Waals surface area contributed by atoms with E-state index in [4.69, 9.17) is 4.74 Å². The van der Waals surface area contributed by atoms with Gasteiger partial charge in [-0.15, -0.1) is 0 Å². The van der Waals surface area contributed by atoms with E-state index in [1.807, 2.05) is 4.90 Å². The largest absolute Gasteiger partial charge is 0.368 e. The Morgan fingerprint density at radius 2 is 2.33 bits per heavy atom. The van der Waals surface area contributed by atoms with E-state index in [0.29, 0.717) is 6.04 Å². The molecule has 0 aliphatic carbocycles. The Kier molecular flexibility index (Phi) is 2.41. The summed E-state index contributed by atoms with van der Waals surface area (Å²) in [6.07, 6.45) is 3.05. The Labute approximate surface area is 90.0 Å². The number of likely N-dealkylation sites (tertiary alicyclic amines) is 1. The average Bonchev–Trinajstić information content (AvgIpc) is 2.72. The number of hydrogen-bond acceptors (Lipinski definition) is 3. The zero-order valence-corrected chi connectivity index (χ0v) is 8.95. The van der Waals surface area contributed by atoms with Crippen molar-refractivity contribution in [2.24, 2.45) is 5.92 Å². The number of rotatable bonds is 1. The van der Waals surface area contributed by atoms with Gasteiger partial charge >= 0.3 is 0 Å². The quantitative estimate of drug-likeness (QED) is 0.661. The number of nitrogens with zero attached hydrogens (tertiary/aromatic N) is 1. The highest BCUT2D eigenvalue weighted by molar-refractivity contribution is 5.82. The summed E-state index contributed by atoms with van der Waals surface area (Å²) in [5, 5.41) is 3.36. The molecule has 0 radical (unpaired) electrons. The molecule has 1 N–H and O–H groups in total. The van der Waals surface area contributed by atoms with Gasteiger partial charge in [-0.3, -0.25) is 4.79 Å². The first kappa shape index (κ1) is 9.60. The van der Waals surface area contributed by atoms with E-state index in [2.05, 4.69) is 5.32 Å². The van der Waals surface area contributed by atoms with Crippen molar-refractivity contribution in [3.63, 3.8) is 0 Å². The number of nitrogens with one attached hydrogen (secondary N) is 1. The second-order valence-corrected chi connectivity index (χ2v) is 4.81. The van der Waals surface area contributed by atoms with Crippen LogP contribution in [0.2, 0.25) is 0 Å². The lowest BCUT2D eigenvalue weighted by atomic mass is 9.82. The molecular formula is C11H18N2O2. The Hall–Kier alpha value is -0.610. The summed E-state index contributed by atoms with van der Waals surface area (Å²) in [6, 6.07) is 0.454. The number of carbonyl (C=O) groups excluding carboxylic acids is 1. The topological polar surface area (TPSA) is 41.6 Å². The van der Waals surface area contributed by atoms with Gasteiger partial charge in [0.1, 0.15) is 6.10 Å². The van der Waals surface area contributed by atoms with Crippen molar-refractivity contribution < 1.29 is 9.53 Å². The minimum absolute atomic E-state index is 0.132. The molecule has 3 heterocycles. The highest BCUT2D eigenvalue weighted by atomic mass is 16.5. The van der Waals surface area contributed by atoms with Crippen LogP contribution in [-0.4, -0.2) is 49.2 Å². The van der Waals surface area contributed by atoms with Crippen LogP contribution in [0.25, 0.3) is 0 Å². The third-order valence-electron chi connectivity index (χ3n) is 3.91. The number of piperidine rings is 1. The standard InChI is InChI=1S/C11H18N2O2/c14-11(10-2-1-5-15-10)13-7-8-3-4-12-6-9(8)13/h8-10,12H,1-7H2/t8-,9-,10?/m0/s1. The lowest BCUT2D eigenvalue weighted by molar-refractivity contribution is -0.155. The maximum absolute atomic E-state index is 12.1. The number of amides is 1. The molecule has 3 saturated heterocycles. The van der Waals surface area contributed by atoms with Crippen LogP contribution in [0.1, 0.15) is 19.3 Å². The second kappa shape index (κ2) is 3.76. The van der Waals surface area contributed by atoms with Crippen LogP contribution in [0.3, 0.4) is 0 Å². The molecule has 3 aliphatic heterocycles. The monoisotopic (exact) mass is 210 g/mol. The minimum atomic E-state index is -0.132. The number of ether oxygens (including phenoxy) is 1. The molecule has 0 spiro atoms. The summed E-state index contributed by atoms with van der Waals surface area (Å²) in [6.45, 7) is 3.81. The first-order chi connectivity index (χ1) is 7.36. The fourth-order valence-electron chi connectivity index (χ4n) is 2.93. The zero-order chi connectivity index (χ0) is 10.3. The average molecular weight is 210 g/mol. The van der Waals surface area contributed by atoms with E-state index >= 15 is 0 Å². The fourth-order valence-corrected chi connectivity index (χ4v) is 2.93. The van der Waals surface area contributed by atoms with Crippen molar-refractivity contribution in [3.05, 3.63) is 0 Å². The number of fused-ring (bicyclic) bond motifs is 1. The van der Waals surface area contributed by atoms with Gasteiger partial charge in [0.05, 0.1) is 0 Å². The summed E-state index contributed by atoms with van der Waals surface area (Å²) in [4.78, 5) is 14.1. The summed E-state index contributed by atoms with van der Waals surface area (Å²) in [7, 11) is 0. The van der Waals surface area contributed by atoms with E-state index in [1.54, 1.807) is 0 Å². The van der Waals surface area contributed by atoms with E-state index < -0.39 is 0 Å². The molecule has 0 aromatic carbocycles. The lowest BCUT2D eigenvalue weighted by Crippen LogP contribution is -2.66. The van der Waals surface area contributed by atoms with Gasteiger partial charge in [-0.25, -0.2) is 0 Å². The molecule has 3 fully saturated rings. The predicted octanol–water partition coefficient (Wildman–Crippen LogP) is -0.0143. The maximum Gasteiger partial charge on any atom is 0.252 e. The van der Waals surface area contributed by atoms with Gasteiger partial charge in [-0.1, -0.05) is 0 Å². The van der Waals surface area contributed by atoms with Crippen LogP contribution in [0.5, 0.6) is 0 Å². The summed E-state index contributed by atoms with van der Waals surface area (Å²) in [5.41, 5.74) is 0. The van der Waals surface area contributed by atoms with Crippen LogP contribution >= 0.6 is 0 Å². The third kappa shape index (κ3) is 1.56. The van der Waals surface area contributed by atoms with Gasteiger partial charge in [-0.05, 0) is 31.7 Å². The Balaban J connectivity index is 1.61. The molecule has 0 saturated carbocycles. The number of hydrogen-bond donors (Lipinski definition) is 1. The van der Waals surface area contributed by atoms with Crippen LogP contribution in [0.15, 0.2) is 0 Å². The summed E-state index contributed by atoms with van der Waals surface area (Å²) < 4.78 is 5.44. The molecule has 4 nitrogen and oxygen atoms in total. The molecule has 4 heteroatoms. The third-order valence-corrected chi connectivity index (χ3v) is 3.91. The molecule has 84 valence electrons. The van der Waals surface area contributed by atoms with E-state index in [0.717, 1.165) is 45.0 Å². The van der Waals surface area contributed by atoms with Crippen LogP contribution in [0.4, 0.5) is 0 Å². The second-order valence-electron chi connectivity index (χ2n) is 4.81. The van der Waals surface area contributed by atoms with Gasteiger partial charge in [0.15, 0.2) is 0 Å². The van der Waals surface area contributed by atoms with E-state index in [1.165, 1.54) is 6.42 Å². The molecule has 1 amide bonds. The molecule has 3 rings (SSSR count). The molecule has 3 atom stereocenters. The van der Waals surface area contributed by atoms with Crippen molar-refractivity contribution in [1.29, 1.82) is 0 Å². The highest BCUT2D eigenvalue weighted by Crippen LogP contribution is 2.31. The summed E-state index contributed by atoms with van der Waals surface area (Å²) >= 11 is 0. The van der Waals surface area contributed by atoms with Crippen molar-refractivity contribution in [2.45, 2.75) is 31.4 Å². The van der Waals surface area contributed by atoms with Crippen LogP contribution in [0, 0.1) is 5.92 Å². The van der Waals surface area contributed by atoms with Crippen LogP contribution in [-0.2, 0) is 9.53 Å². The first-order valence-electron chi connectivity index (χ1n) is 5.99. The molecule has 15 heavy (non-hydrogen) atoms. The molecule has 0 bridgehead atoms. The van der Waals surface area contributed by atoms with Gasteiger partial charge < -0.3 is 15.0 Å². The predicted molar refractivity (Wildman–Crippen MR) is 55.5 cm³/mol. The van der Waals surface area contributed by atoms with E-state index in [9.17, 15) is 4.79 Å². The van der Waals surface area contributed by atoms with Gasteiger partial charge in [-0.2, -0.15) is 0 Å². The lowest BCUT2D eigenvalue weighted by Gasteiger charge is -2.51. The van der Waals surface area contributed by atoms with Gasteiger partial charge in [0.2, 0.25) is 0 Å². The normalized spacial score (nSPS) is 39.7. The fraction of sp³-hybridized carbons (Fsp3) is 0.909. The smallest absolute Gasteiger partial charge is 0.252 e. The Morgan fingerprint density at radius 3 is 3.07 bits per heavy atom. The molecule has 1 unspecified atom stereocenters. The first-order valence-corrected chi connectivity index (χ1v) is 5.99. The Morgan fingerprint density at radius 1 is 1.40 bits per heavy atom. The zero-order valence-electron chi connectivity index (χ0n) is 8.95. The molecule has 0 aromatic rings. The SMILES string of the molecule is O=C(C1CCCO1)N1C[C@@H]2CCNC[C@@H]21. The maximum atomic E-state index is 12.1. The van der Waals surface area contributed by atoms with Gasteiger partial charge in [0.25, 0.3) is 5.91 Å². The molecule has 0 aromatic heterocycles. The summed E-state index contributed by atoms with van der Waals surface area (Å²) in [5.74, 6) is 0.981. The molecular weight excluding hydrogens is 192 g/mol. The van der Waals surface area contributed by atoms with Crippen molar-refractivity contribution in [2.75, 3.05) is 26.2 Å². The van der Waals surface area contributed by atoms with Crippen LogP contribution < -0.4 is 5.32 Å². The number of carbonyl (C=O) groups is 1. The Bertz CT molecular complexity index is 263.